The third kappa shape index (κ3) is 2.47. The molecule has 1 aromatic carbocycles. The smallest absolute Gasteiger partial charge is 0.328 e. The third-order valence-corrected chi connectivity index (χ3v) is 4.57. The monoisotopic (exact) mass is 275 g/mol. The molecule has 0 aliphatic carbocycles. The van der Waals surface area contributed by atoms with E-state index in [2.05, 4.69) is 24.0 Å². The summed E-state index contributed by atoms with van der Waals surface area (Å²) in [5.74, 6) is -0.741. The number of carbonyl (C=O) groups is 1. The lowest BCUT2D eigenvalue weighted by Gasteiger charge is -2.42. The van der Waals surface area contributed by atoms with Crippen LogP contribution < -0.4 is 0 Å². The molecule has 3 heteroatoms. The molecule has 0 aromatic heterocycles. The first kappa shape index (κ1) is 15.0. The van der Waals surface area contributed by atoms with E-state index in [1.54, 1.807) is 0 Å². The number of benzene rings is 1. The van der Waals surface area contributed by atoms with E-state index >= 15 is 0 Å². The summed E-state index contributed by atoms with van der Waals surface area (Å²) in [5, 5.41) is 9.91. The van der Waals surface area contributed by atoms with Crippen molar-refractivity contribution < 1.29 is 9.90 Å². The second kappa shape index (κ2) is 5.57. The number of carboxylic acids is 1. The van der Waals surface area contributed by atoms with Crippen LogP contribution in [0, 0.1) is 20.8 Å². The lowest BCUT2D eigenvalue weighted by atomic mass is 9.82. The zero-order chi connectivity index (χ0) is 14.9. The number of rotatable bonds is 3. The normalized spacial score (nSPS) is 19.6. The number of nitrogens with zero attached hydrogens (tertiary/aromatic N) is 1. The Morgan fingerprint density at radius 2 is 1.60 bits per heavy atom. The summed E-state index contributed by atoms with van der Waals surface area (Å²) in [5.41, 5.74) is 3.41. The van der Waals surface area contributed by atoms with E-state index in [-0.39, 0.29) is 0 Å². The first-order chi connectivity index (χ1) is 9.37. The van der Waals surface area contributed by atoms with E-state index in [9.17, 15) is 9.90 Å². The predicted octanol–water partition coefficient (Wildman–Crippen LogP) is 3.40. The number of likely N-dealkylation sites (tertiary alicyclic amines) is 1. The predicted molar refractivity (Wildman–Crippen MR) is 81.1 cm³/mol. The van der Waals surface area contributed by atoms with Crippen molar-refractivity contribution in [2.75, 3.05) is 13.1 Å². The highest BCUT2D eigenvalue weighted by atomic mass is 16.4. The lowest BCUT2D eigenvalue weighted by Crippen LogP contribution is -2.52. The van der Waals surface area contributed by atoms with Crippen LogP contribution in [0.1, 0.15) is 48.4 Å². The quantitative estimate of drug-likeness (QED) is 0.919. The maximum absolute atomic E-state index is 12.1. The zero-order valence-corrected chi connectivity index (χ0v) is 13.0. The van der Waals surface area contributed by atoms with Gasteiger partial charge < -0.3 is 5.11 Å². The van der Waals surface area contributed by atoms with Gasteiger partial charge in [-0.1, -0.05) is 24.1 Å². The fraction of sp³-hybridized carbons (Fsp3) is 0.588. The molecule has 110 valence electrons. The molecular formula is C17H25NO2. The van der Waals surface area contributed by atoms with Gasteiger partial charge in [-0.05, 0) is 70.3 Å². The van der Waals surface area contributed by atoms with Crippen molar-refractivity contribution in [3.63, 3.8) is 0 Å². The van der Waals surface area contributed by atoms with Gasteiger partial charge in [0.15, 0.2) is 0 Å². The summed E-state index contributed by atoms with van der Waals surface area (Å²) in [6.07, 6.45) is 3.39. The van der Waals surface area contributed by atoms with Gasteiger partial charge in [-0.25, -0.2) is 4.79 Å². The van der Waals surface area contributed by atoms with E-state index in [1.165, 1.54) is 12.0 Å². The van der Waals surface area contributed by atoms with Gasteiger partial charge in [0.05, 0.1) is 0 Å². The van der Waals surface area contributed by atoms with Crippen LogP contribution in [0.5, 0.6) is 0 Å². The van der Waals surface area contributed by atoms with Gasteiger partial charge in [0.2, 0.25) is 0 Å². The summed E-state index contributed by atoms with van der Waals surface area (Å²) in [6, 6.07) is 4.18. The van der Waals surface area contributed by atoms with Crippen LogP contribution in [0.3, 0.4) is 0 Å². The summed E-state index contributed by atoms with van der Waals surface area (Å²) in [4.78, 5) is 14.2. The minimum absolute atomic E-state index is 0.741. The Morgan fingerprint density at radius 3 is 2.05 bits per heavy atom. The zero-order valence-electron chi connectivity index (χ0n) is 13.0. The largest absolute Gasteiger partial charge is 0.480 e. The fourth-order valence-corrected chi connectivity index (χ4v) is 3.69. The summed E-state index contributed by atoms with van der Waals surface area (Å²) in [6.45, 7) is 9.72. The Labute approximate surface area is 121 Å². The van der Waals surface area contributed by atoms with E-state index in [1.807, 2.05) is 20.8 Å². The van der Waals surface area contributed by atoms with Gasteiger partial charge in [-0.15, -0.1) is 0 Å². The van der Waals surface area contributed by atoms with Gasteiger partial charge in [-0.3, -0.25) is 4.90 Å². The van der Waals surface area contributed by atoms with Crippen molar-refractivity contribution in [1.82, 2.24) is 4.90 Å². The fourth-order valence-electron chi connectivity index (χ4n) is 3.69. The number of piperidine rings is 1. The molecule has 1 heterocycles. The summed E-state index contributed by atoms with van der Waals surface area (Å²) in [7, 11) is 0. The highest BCUT2D eigenvalue weighted by molar-refractivity contribution is 5.81. The van der Waals surface area contributed by atoms with Crippen molar-refractivity contribution in [1.29, 1.82) is 0 Å². The van der Waals surface area contributed by atoms with Gasteiger partial charge in [0.25, 0.3) is 0 Å². The van der Waals surface area contributed by atoms with Gasteiger partial charge in [-0.2, -0.15) is 0 Å². The van der Waals surface area contributed by atoms with E-state index in [4.69, 9.17) is 0 Å². The molecule has 20 heavy (non-hydrogen) atoms. The van der Waals surface area contributed by atoms with Crippen molar-refractivity contribution in [3.05, 3.63) is 34.4 Å². The molecule has 0 radical (unpaired) electrons. The van der Waals surface area contributed by atoms with E-state index in [0.29, 0.717) is 0 Å². The van der Waals surface area contributed by atoms with Crippen LogP contribution in [-0.2, 0) is 10.3 Å². The van der Waals surface area contributed by atoms with Crippen molar-refractivity contribution in [2.24, 2.45) is 0 Å². The maximum Gasteiger partial charge on any atom is 0.328 e. The molecule has 1 saturated heterocycles. The van der Waals surface area contributed by atoms with Gasteiger partial charge in [0.1, 0.15) is 5.54 Å². The molecule has 3 nitrogen and oxygen atoms in total. The second-order valence-electron chi connectivity index (χ2n) is 6.20. The second-order valence-corrected chi connectivity index (χ2v) is 6.20. The van der Waals surface area contributed by atoms with Crippen molar-refractivity contribution in [3.8, 4) is 0 Å². The van der Waals surface area contributed by atoms with E-state index < -0.39 is 11.5 Å². The molecule has 2 rings (SSSR count). The van der Waals surface area contributed by atoms with Gasteiger partial charge in [0, 0.05) is 0 Å². The van der Waals surface area contributed by atoms with Crippen molar-refractivity contribution >= 4 is 5.97 Å². The average molecular weight is 275 g/mol. The molecule has 1 N–H and O–H groups in total. The molecule has 1 aromatic rings. The lowest BCUT2D eigenvalue weighted by molar-refractivity contribution is -0.152. The molecule has 1 aliphatic rings. The maximum atomic E-state index is 12.1. The van der Waals surface area contributed by atoms with Crippen LogP contribution in [-0.4, -0.2) is 29.1 Å². The van der Waals surface area contributed by atoms with Crippen LogP contribution in [0.15, 0.2) is 12.1 Å². The molecule has 1 aliphatic heterocycles. The topological polar surface area (TPSA) is 40.5 Å². The van der Waals surface area contributed by atoms with Crippen LogP contribution in [0.2, 0.25) is 0 Å². The summed E-state index contributed by atoms with van der Waals surface area (Å²) >= 11 is 0. The first-order valence-corrected chi connectivity index (χ1v) is 7.44. The Hall–Kier alpha value is -1.35. The average Bonchev–Trinajstić information content (AvgIpc) is 2.38. The van der Waals surface area contributed by atoms with Gasteiger partial charge >= 0.3 is 5.97 Å². The number of hydrogen-bond acceptors (Lipinski definition) is 2. The first-order valence-electron chi connectivity index (χ1n) is 7.44. The molecule has 0 saturated carbocycles. The molecule has 1 fully saturated rings. The van der Waals surface area contributed by atoms with Crippen LogP contribution >= 0.6 is 0 Å². The number of hydrogen-bond donors (Lipinski definition) is 1. The Balaban J connectivity index is 2.55. The highest BCUT2D eigenvalue weighted by Gasteiger charge is 2.43. The minimum atomic E-state index is -0.914. The highest BCUT2D eigenvalue weighted by Crippen LogP contribution is 2.36. The molecule has 0 bridgehead atoms. The SMILES string of the molecule is Cc1cc(C)c(C(C)(C(=O)O)N2CCCCC2)c(C)c1. The summed E-state index contributed by atoms with van der Waals surface area (Å²) < 4.78 is 0. The molecule has 1 unspecified atom stereocenters. The van der Waals surface area contributed by atoms with Crippen LogP contribution in [0.25, 0.3) is 0 Å². The molecule has 1 atom stereocenters. The number of aryl methyl sites for hydroxylation is 3. The number of aliphatic carboxylic acids is 1. The molecular weight excluding hydrogens is 250 g/mol. The third-order valence-electron chi connectivity index (χ3n) is 4.57. The van der Waals surface area contributed by atoms with E-state index in [0.717, 1.165) is 42.6 Å². The molecule has 0 amide bonds. The minimum Gasteiger partial charge on any atom is -0.480 e. The van der Waals surface area contributed by atoms with Crippen LogP contribution in [0.4, 0.5) is 0 Å². The standard InChI is InChI=1S/C17H25NO2/c1-12-10-13(2)15(14(3)11-12)17(4,16(19)20)18-8-6-5-7-9-18/h10-11H,5-9H2,1-4H3,(H,19,20). The van der Waals surface area contributed by atoms with Crippen molar-refractivity contribution in [2.45, 2.75) is 52.5 Å². The number of carboxylic acid groups (broad SMARTS) is 1. The Kier molecular flexibility index (Phi) is 4.19. The Morgan fingerprint density at radius 1 is 1.10 bits per heavy atom. The Bertz CT molecular complexity index is 495. The molecule has 0 spiro atoms.